The number of carbonyl (C=O) groups is 1. The van der Waals surface area contributed by atoms with E-state index in [9.17, 15) is 25.0 Å². The van der Waals surface area contributed by atoms with Crippen LogP contribution in [0.2, 0.25) is 0 Å². The van der Waals surface area contributed by atoms with E-state index >= 15 is 0 Å². The third-order valence-electron chi connectivity index (χ3n) is 2.86. The minimum absolute atomic E-state index is 0.0635. The van der Waals surface area contributed by atoms with Crippen LogP contribution in [0.3, 0.4) is 0 Å². The number of carbonyl (C=O) groups excluding carboxylic acids is 1. The first-order valence-corrected chi connectivity index (χ1v) is 8.47. The summed E-state index contributed by atoms with van der Waals surface area (Å²) in [5, 5.41) is 23.3. The molecule has 1 rings (SSSR count). The first kappa shape index (κ1) is 21.4. The smallest absolute Gasteiger partial charge is 0.346 e. The Balaban J connectivity index is 0.000000441. The summed E-state index contributed by atoms with van der Waals surface area (Å²) in [4.78, 5) is 30.0. The number of para-hydroxylation sites is 2. The van der Waals surface area contributed by atoms with Crippen molar-refractivity contribution in [1.82, 2.24) is 5.32 Å². The van der Waals surface area contributed by atoms with E-state index in [1.54, 1.807) is 14.0 Å². The number of hydrogen-bond donors (Lipinski definition) is 1. The number of benzene rings is 1. The monoisotopic (exact) mass is 355 g/mol. The third-order valence-corrected chi connectivity index (χ3v) is 4.38. The Morgan fingerprint density at radius 2 is 1.75 bits per heavy atom. The summed E-state index contributed by atoms with van der Waals surface area (Å²) in [6.45, 7) is 7.31. The number of amides is 1. The highest BCUT2D eigenvalue weighted by Crippen LogP contribution is 2.24. The molecule has 1 amide bonds. The van der Waals surface area contributed by atoms with Gasteiger partial charge in [-0.25, -0.2) is 0 Å². The van der Waals surface area contributed by atoms with Gasteiger partial charge in [-0.15, -0.1) is 0 Å². The maximum absolute atomic E-state index is 11.1. The Hall–Kier alpha value is -2.59. The number of nitro groups is 2. The van der Waals surface area contributed by atoms with Gasteiger partial charge < -0.3 is 9.74 Å². The lowest BCUT2D eigenvalue weighted by atomic mass is 10.3. The highest BCUT2D eigenvalue weighted by atomic mass is 28.2. The molecule has 0 fully saturated rings. The second-order valence-electron chi connectivity index (χ2n) is 4.82. The van der Waals surface area contributed by atoms with Crippen molar-refractivity contribution in [1.29, 1.82) is 0 Å². The van der Waals surface area contributed by atoms with Gasteiger partial charge in [-0.1, -0.05) is 25.6 Å². The largest absolute Gasteiger partial charge is 0.425 e. The van der Waals surface area contributed by atoms with Gasteiger partial charge in [0.25, 0.3) is 0 Å². The summed E-state index contributed by atoms with van der Waals surface area (Å²) >= 11 is 0. The molecular formula is C14H21N3O6Si. The van der Waals surface area contributed by atoms with Gasteiger partial charge in [0.1, 0.15) is 0 Å². The topological polar surface area (TPSA) is 125 Å². The van der Waals surface area contributed by atoms with Crippen LogP contribution in [0.15, 0.2) is 36.4 Å². The lowest BCUT2D eigenvalue weighted by molar-refractivity contribution is -0.422. The number of rotatable bonds is 7. The van der Waals surface area contributed by atoms with Crippen LogP contribution in [0.1, 0.15) is 20.3 Å². The fraction of sp³-hybridized carbons (Fsp3) is 0.357. The van der Waals surface area contributed by atoms with Gasteiger partial charge in [0.2, 0.25) is 5.91 Å². The van der Waals surface area contributed by atoms with Crippen molar-refractivity contribution in [2.75, 3.05) is 7.11 Å². The molecule has 0 aliphatic heterocycles. The molecule has 0 heterocycles. The third kappa shape index (κ3) is 7.60. The molecule has 24 heavy (non-hydrogen) atoms. The zero-order chi connectivity index (χ0) is 18.7. The van der Waals surface area contributed by atoms with Crippen molar-refractivity contribution in [3.05, 3.63) is 56.6 Å². The Morgan fingerprint density at radius 3 is 2.04 bits per heavy atom. The maximum Gasteiger partial charge on any atom is 0.346 e. The van der Waals surface area contributed by atoms with Gasteiger partial charge >= 0.3 is 11.4 Å². The van der Waals surface area contributed by atoms with E-state index in [4.69, 9.17) is 4.43 Å². The summed E-state index contributed by atoms with van der Waals surface area (Å²) in [6, 6.07) is 4.95. The minimum atomic E-state index is -0.780. The molecule has 1 unspecified atom stereocenters. The van der Waals surface area contributed by atoms with E-state index in [0.29, 0.717) is 5.57 Å². The highest BCUT2D eigenvalue weighted by molar-refractivity contribution is 6.30. The number of nitrogens with zero attached hydrogens (tertiary/aromatic N) is 2. The Kier molecular flexibility index (Phi) is 9.83. The summed E-state index contributed by atoms with van der Waals surface area (Å²) in [6.07, 6.45) is 0.930. The van der Waals surface area contributed by atoms with Crippen LogP contribution in [0.5, 0.6) is 0 Å². The van der Waals surface area contributed by atoms with Crippen molar-refractivity contribution >= 4 is 27.0 Å². The molecular weight excluding hydrogens is 334 g/mol. The summed E-state index contributed by atoms with van der Waals surface area (Å²) in [5.74, 6) is -0.0635. The molecule has 0 saturated carbocycles. The summed E-state index contributed by atoms with van der Waals surface area (Å²) in [7, 11) is 1.07. The molecule has 1 aromatic rings. The van der Waals surface area contributed by atoms with Gasteiger partial charge in [0.15, 0.2) is 9.76 Å². The van der Waals surface area contributed by atoms with E-state index in [2.05, 4.69) is 11.9 Å². The molecule has 0 aliphatic rings. The minimum Gasteiger partial charge on any atom is -0.425 e. The summed E-state index contributed by atoms with van der Waals surface area (Å²) in [5.41, 5.74) is -0.178. The molecule has 0 aromatic heterocycles. The number of nitrogens with one attached hydrogen (secondary N) is 1. The molecule has 0 spiro atoms. The quantitative estimate of drug-likeness (QED) is 0.343. The zero-order valence-electron chi connectivity index (χ0n) is 13.9. The van der Waals surface area contributed by atoms with Crippen molar-refractivity contribution < 1.29 is 19.1 Å². The van der Waals surface area contributed by atoms with Crippen molar-refractivity contribution in [2.45, 2.75) is 25.9 Å². The van der Waals surface area contributed by atoms with Crippen LogP contribution in [0.25, 0.3) is 0 Å². The van der Waals surface area contributed by atoms with Crippen LogP contribution in [0, 0.1) is 20.2 Å². The Morgan fingerprint density at radius 1 is 1.29 bits per heavy atom. The average molecular weight is 355 g/mol. The van der Waals surface area contributed by atoms with Crippen LogP contribution in [0.4, 0.5) is 11.4 Å². The second-order valence-corrected chi connectivity index (χ2v) is 6.71. The first-order chi connectivity index (χ1) is 11.2. The highest BCUT2D eigenvalue weighted by Gasteiger charge is 2.21. The van der Waals surface area contributed by atoms with E-state index < -0.39 is 31.0 Å². The van der Waals surface area contributed by atoms with E-state index in [-0.39, 0.29) is 11.6 Å². The fourth-order valence-corrected chi connectivity index (χ4v) is 2.45. The van der Waals surface area contributed by atoms with Gasteiger partial charge in [0.05, 0.1) is 9.85 Å². The van der Waals surface area contributed by atoms with Gasteiger partial charge in [-0.2, -0.15) is 0 Å². The molecule has 0 bridgehead atoms. The SMILES string of the molecule is C=C(C)C(=O)NC(CC)[SiH2]OC.O=[N+]([O-])c1ccccc1[N+](=O)[O-]. The van der Waals surface area contributed by atoms with Gasteiger partial charge in [0, 0.05) is 30.5 Å². The lowest BCUT2D eigenvalue weighted by Gasteiger charge is -2.14. The van der Waals surface area contributed by atoms with Crippen LogP contribution < -0.4 is 5.32 Å². The predicted octanol–water partition coefficient (Wildman–Crippen LogP) is 1.65. The fourth-order valence-electron chi connectivity index (χ4n) is 1.54. The number of nitro benzene ring substituents is 2. The molecule has 0 aliphatic carbocycles. The molecule has 0 saturated heterocycles. The zero-order valence-corrected chi connectivity index (χ0v) is 15.3. The van der Waals surface area contributed by atoms with Crippen molar-refractivity contribution in [3.63, 3.8) is 0 Å². The number of hydrogen-bond acceptors (Lipinski definition) is 6. The Labute approximate surface area is 141 Å². The van der Waals surface area contributed by atoms with Gasteiger partial charge in [-0.3, -0.25) is 25.0 Å². The normalized spacial score (nSPS) is 11.3. The van der Waals surface area contributed by atoms with Crippen LogP contribution in [-0.4, -0.2) is 38.3 Å². The first-order valence-electron chi connectivity index (χ1n) is 7.07. The molecule has 0 radical (unpaired) electrons. The van der Waals surface area contributed by atoms with Gasteiger partial charge in [-0.05, 0) is 13.3 Å². The van der Waals surface area contributed by atoms with E-state index in [1.165, 1.54) is 12.1 Å². The lowest BCUT2D eigenvalue weighted by Crippen LogP contribution is -2.39. The van der Waals surface area contributed by atoms with Crippen molar-refractivity contribution in [3.8, 4) is 0 Å². The average Bonchev–Trinajstić information content (AvgIpc) is 2.54. The maximum atomic E-state index is 11.1. The standard InChI is InChI=1S/C8H17NO2Si.C6H4N2O4/c1-5-7(12-11-4)9-8(10)6(2)3;9-7(10)5-3-1-2-4-6(5)8(11)12/h7H,2,5,12H2,1,3-4H3,(H,9,10);1-4H. The second kappa shape index (κ2) is 11.0. The predicted molar refractivity (Wildman–Crippen MR) is 92.3 cm³/mol. The molecule has 10 heteroatoms. The Bertz CT molecular complexity index is 575. The molecule has 1 N–H and O–H groups in total. The molecule has 132 valence electrons. The summed E-state index contributed by atoms with van der Waals surface area (Å²) < 4.78 is 5.07. The van der Waals surface area contributed by atoms with E-state index in [0.717, 1.165) is 18.6 Å². The molecule has 1 atom stereocenters. The molecule has 1 aromatic carbocycles. The molecule has 9 nitrogen and oxygen atoms in total. The van der Waals surface area contributed by atoms with Crippen LogP contribution >= 0.6 is 0 Å². The van der Waals surface area contributed by atoms with E-state index in [1.807, 2.05) is 6.92 Å². The van der Waals surface area contributed by atoms with Crippen molar-refractivity contribution in [2.24, 2.45) is 0 Å². The van der Waals surface area contributed by atoms with Crippen LogP contribution in [-0.2, 0) is 9.22 Å².